The molecule has 0 spiro atoms. The van der Waals surface area contributed by atoms with Crippen LogP contribution in [-0.2, 0) is 9.84 Å². The summed E-state index contributed by atoms with van der Waals surface area (Å²) in [7, 11) is -3.26. The fourth-order valence-electron chi connectivity index (χ4n) is 4.78. The molecule has 0 saturated carbocycles. The molecular weight excluding hydrogens is 514 g/mol. The van der Waals surface area contributed by atoms with E-state index in [4.69, 9.17) is 4.98 Å². The van der Waals surface area contributed by atoms with Gasteiger partial charge in [-0.1, -0.05) is 0 Å². The highest BCUT2D eigenvalue weighted by Crippen LogP contribution is 2.24. The van der Waals surface area contributed by atoms with Gasteiger partial charge in [0.2, 0.25) is 5.95 Å². The number of sulfone groups is 1. The van der Waals surface area contributed by atoms with Crippen molar-refractivity contribution in [3.05, 3.63) is 67.0 Å². The third-order valence-electron chi connectivity index (χ3n) is 7.04. The Morgan fingerprint density at radius 3 is 2.18 bits per heavy atom. The number of nitrogens with one attached hydrogen (secondary N) is 1. The predicted molar refractivity (Wildman–Crippen MR) is 154 cm³/mol. The first-order valence-electron chi connectivity index (χ1n) is 13.1. The molecule has 1 aliphatic rings. The molecule has 0 unspecified atom stereocenters. The minimum Gasteiger partial charge on any atom is -0.368 e. The molecule has 0 atom stereocenters. The smallest absolute Gasteiger partial charge is 0.320 e. The summed E-state index contributed by atoms with van der Waals surface area (Å²) in [4.78, 5) is 28.2. The lowest BCUT2D eigenvalue weighted by atomic mass is 10.2. The van der Waals surface area contributed by atoms with Crippen molar-refractivity contribution in [3.8, 4) is 5.69 Å². The van der Waals surface area contributed by atoms with E-state index in [1.165, 1.54) is 6.26 Å². The van der Waals surface area contributed by atoms with Crippen molar-refractivity contribution in [2.24, 2.45) is 0 Å². The first kappa shape index (κ1) is 26.5. The average Bonchev–Trinajstić information content (AvgIpc) is 3.37. The van der Waals surface area contributed by atoms with Gasteiger partial charge in [0.1, 0.15) is 5.65 Å². The second kappa shape index (κ2) is 10.9. The van der Waals surface area contributed by atoms with Crippen LogP contribution in [0, 0.1) is 0 Å². The molecule has 2 aromatic carbocycles. The van der Waals surface area contributed by atoms with Gasteiger partial charge in [-0.05, 0) is 68.4 Å². The maximum absolute atomic E-state index is 12.6. The number of carbonyl (C=O) groups is 1. The lowest BCUT2D eigenvalue weighted by Crippen LogP contribution is -2.52. The Bertz CT molecular complexity index is 1560. The molecule has 3 heterocycles. The number of hydrogen-bond donors (Lipinski definition) is 1. The number of rotatable bonds is 7. The zero-order valence-corrected chi connectivity index (χ0v) is 23.2. The summed E-state index contributed by atoms with van der Waals surface area (Å²) < 4.78 is 25.5. The number of anilines is 3. The Balaban J connectivity index is 1.26. The Hall–Kier alpha value is -4.12. The second-order valence-corrected chi connectivity index (χ2v) is 11.5. The SMILES string of the molecule is CCN(CC)C(=O)N1CCN(c2ccc(Nc3ncc4ccn(-c5ccc(S(C)(=O)=O)cc5)c4n3)cc2)CC1. The molecule has 10 nitrogen and oxygen atoms in total. The fraction of sp³-hybridized carbons (Fsp3) is 0.321. The zero-order valence-electron chi connectivity index (χ0n) is 22.4. The van der Waals surface area contributed by atoms with E-state index >= 15 is 0 Å². The number of carbonyl (C=O) groups excluding carboxylic acids is 1. The summed E-state index contributed by atoms with van der Waals surface area (Å²) in [6.45, 7) is 8.48. The van der Waals surface area contributed by atoms with E-state index in [-0.39, 0.29) is 10.9 Å². The molecule has 1 saturated heterocycles. The number of piperazine rings is 1. The van der Waals surface area contributed by atoms with Gasteiger partial charge in [0, 0.05) is 80.4 Å². The van der Waals surface area contributed by atoms with Crippen LogP contribution in [0.2, 0.25) is 0 Å². The lowest BCUT2D eigenvalue weighted by molar-refractivity contribution is 0.154. The average molecular weight is 548 g/mol. The first-order valence-corrected chi connectivity index (χ1v) is 15.0. The van der Waals surface area contributed by atoms with Crippen molar-refractivity contribution >= 4 is 44.2 Å². The van der Waals surface area contributed by atoms with Gasteiger partial charge in [-0.15, -0.1) is 0 Å². The minimum absolute atomic E-state index is 0.119. The van der Waals surface area contributed by atoms with Gasteiger partial charge >= 0.3 is 6.03 Å². The summed E-state index contributed by atoms with van der Waals surface area (Å²) >= 11 is 0. The molecule has 1 N–H and O–H groups in total. The summed E-state index contributed by atoms with van der Waals surface area (Å²) in [5.74, 6) is 0.464. The van der Waals surface area contributed by atoms with Gasteiger partial charge in [-0.2, -0.15) is 4.98 Å². The maximum Gasteiger partial charge on any atom is 0.320 e. The topological polar surface area (TPSA) is 104 Å². The molecule has 5 rings (SSSR count). The Labute approximate surface area is 228 Å². The van der Waals surface area contributed by atoms with Gasteiger partial charge in [0.05, 0.1) is 4.90 Å². The number of benzene rings is 2. The molecule has 1 aliphatic heterocycles. The van der Waals surface area contributed by atoms with E-state index < -0.39 is 9.84 Å². The summed E-state index contributed by atoms with van der Waals surface area (Å²) in [6, 6.07) is 16.9. The maximum atomic E-state index is 12.6. The monoisotopic (exact) mass is 547 g/mol. The first-order chi connectivity index (χ1) is 18.8. The largest absolute Gasteiger partial charge is 0.368 e. The van der Waals surface area contributed by atoms with Gasteiger partial charge in [0.25, 0.3) is 0 Å². The standard InChI is InChI=1S/C28H33N7O3S/c1-4-32(5-2)28(36)34-18-16-33(17-19-34)23-8-6-22(7-9-23)30-27-29-20-21-14-15-35(26(21)31-27)24-10-12-25(13-11-24)39(3,37)38/h6-15,20H,4-5,16-19H2,1-3H3,(H,29,30,31). The van der Waals surface area contributed by atoms with Crippen LogP contribution >= 0.6 is 0 Å². The highest BCUT2D eigenvalue weighted by atomic mass is 32.2. The highest BCUT2D eigenvalue weighted by molar-refractivity contribution is 7.90. The van der Waals surface area contributed by atoms with Crippen LogP contribution in [0.4, 0.5) is 22.1 Å². The van der Waals surface area contributed by atoms with Crippen LogP contribution in [0.1, 0.15) is 13.8 Å². The van der Waals surface area contributed by atoms with E-state index in [0.29, 0.717) is 24.7 Å². The third kappa shape index (κ3) is 5.68. The van der Waals surface area contributed by atoms with Crippen molar-refractivity contribution in [1.29, 1.82) is 0 Å². The molecular formula is C28H33N7O3S. The number of nitrogens with zero attached hydrogens (tertiary/aromatic N) is 6. The predicted octanol–water partition coefficient (Wildman–Crippen LogP) is 4.15. The Morgan fingerprint density at radius 2 is 1.56 bits per heavy atom. The van der Waals surface area contributed by atoms with Crippen molar-refractivity contribution in [2.75, 3.05) is 55.7 Å². The van der Waals surface area contributed by atoms with Gasteiger partial charge in [-0.3, -0.25) is 0 Å². The summed E-state index contributed by atoms with van der Waals surface area (Å²) in [5, 5.41) is 4.16. The second-order valence-electron chi connectivity index (χ2n) is 9.53. The molecule has 11 heteroatoms. The van der Waals surface area contributed by atoms with E-state index in [0.717, 1.165) is 48.6 Å². The van der Waals surface area contributed by atoms with Gasteiger partial charge < -0.3 is 24.6 Å². The molecule has 2 aromatic heterocycles. The quantitative estimate of drug-likeness (QED) is 0.371. The Morgan fingerprint density at radius 1 is 0.923 bits per heavy atom. The molecule has 204 valence electrons. The van der Waals surface area contributed by atoms with Crippen LogP contribution in [-0.4, -0.2) is 84.3 Å². The normalized spacial score (nSPS) is 14.0. The molecule has 0 bridgehead atoms. The Kier molecular flexibility index (Phi) is 7.42. The minimum atomic E-state index is -3.26. The van der Waals surface area contributed by atoms with Crippen molar-refractivity contribution in [1.82, 2.24) is 24.3 Å². The summed E-state index contributed by atoms with van der Waals surface area (Å²) in [6.07, 6.45) is 4.85. The highest BCUT2D eigenvalue weighted by Gasteiger charge is 2.24. The number of hydrogen-bond acceptors (Lipinski definition) is 7. The van der Waals surface area contributed by atoms with Gasteiger partial charge in [0.15, 0.2) is 9.84 Å². The van der Waals surface area contributed by atoms with E-state index in [9.17, 15) is 13.2 Å². The number of aromatic nitrogens is 3. The molecule has 4 aromatic rings. The molecule has 0 radical (unpaired) electrons. The van der Waals surface area contributed by atoms with Gasteiger partial charge in [-0.25, -0.2) is 18.2 Å². The third-order valence-corrected chi connectivity index (χ3v) is 8.17. The van der Waals surface area contributed by atoms with Crippen LogP contribution in [0.3, 0.4) is 0 Å². The van der Waals surface area contributed by atoms with E-state index in [1.54, 1.807) is 30.5 Å². The number of urea groups is 1. The van der Waals surface area contributed by atoms with Crippen LogP contribution in [0.5, 0.6) is 0 Å². The van der Waals surface area contributed by atoms with E-state index in [1.807, 2.05) is 52.6 Å². The van der Waals surface area contributed by atoms with Crippen molar-refractivity contribution in [2.45, 2.75) is 18.7 Å². The molecule has 39 heavy (non-hydrogen) atoms. The fourth-order valence-corrected chi connectivity index (χ4v) is 5.41. The number of amides is 2. The summed E-state index contributed by atoms with van der Waals surface area (Å²) in [5.41, 5.74) is 3.50. The molecule has 0 aliphatic carbocycles. The lowest BCUT2D eigenvalue weighted by Gasteiger charge is -2.38. The number of fused-ring (bicyclic) bond motifs is 1. The molecule has 1 fully saturated rings. The zero-order chi connectivity index (χ0) is 27.6. The van der Waals surface area contributed by atoms with Crippen molar-refractivity contribution < 1.29 is 13.2 Å². The van der Waals surface area contributed by atoms with Crippen molar-refractivity contribution in [3.63, 3.8) is 0 Å². The molecule has 2 amide bonds. The van der Waals surface area contributed by atoms with E-state index in [2.05, 4.69) is 27.3 Å². The van der Waals surface area contributed by atoms with Crippen LogP contribution in [0.15, 0.2) is 71.9 Å². The van der Waals surface area contributed by atoms with Crippen LogP contribution in [0.25, 0.3) is 16.7 Å². The van der Waals surface area contributed by atoms with Crippen LogP contribution < -0.4 is 10.2 Å².